The summed E-state index contributed by atoms with van der Waals surface area (Å²) >= 11 is 0. The quantitative estimate of drug-likeness (QED) is 0.677. The van der Waals surface area contributed by atoms with Crippen LogP contribution in [0.1, 0.15) is 18.4 Å². The molecule has 0 radical (unpaired) electrons. The number of sulfonamides is 1. The van der Waals surface area contributed by atoms with Crippen LogP contribution in [0.3, 0.4) is 0 Å². The Morgan fingerprint density at radius 2 is 1.75 bits per heavy atom. The first-order valence-electron chi connectivity index (χ1n) is 9.42. The van der Waals surface area contributed by atoms with Gasteiger partial charge in [-0.2, -0.15) is 4.31 Å². The van der Waals surface area contributed by atoms with Gasteiger partial charge in [0.25, 0.3) is 0 Å². The van der Waals surface area contributed by atoms with E-state index < -0.39 is 10.0 Å². The fourth-order valence-electron chi connectivity index (χ4n) is 3.26. The summed E-state index contributed by atoms with van der Waals surface area (Å²) in [4.78, 5) is 2.28. The minimum atomic E-state index is -3.65. The van der Waals surface area contributed by atoms with E-state index in [0.717, 1.165) is 24.1 Å². The Hall–Kier alpha value is -2.09. The highest BCUT2D eigenvalue weighted by Gasteiger charge is 2.29. The average molecular weight is 405 g/mol. The highest BCUT2D eigenvalue weighted by molar-refractivity contribution is 7.89. The highest BCUT2D eigenvalue weighted by Crippen LogP contribution is 2.24. The fourth-order valence-corrected chi connectivity index (χ4v) is 4.72. The second-order valence-corrected chi connectivity index (χ2v) is 9.11. The molecule has 1 aliphatic heterocycles. The van der Waals surface area contributed by atoms with Crippen molar-refractivity contribution in [1.82, 2.24) is 4.31 Å². The van der Waals surface area contributed by atoms with Crippen molar-refractivity contribution in [3.63, 3.8) is 0 Å². The summed E-state index contributed by atoms with van der Waals surface area (Å²) in [6, 6.07) is 14.5. The third-order valence-electron chi connectivity index (χ3n) is 4.94. The molecule has 1 heterocycles. The third-order valence-corrected chi connectivity index (χ3v) is 6.77. The topological polar surface area (TPSA) is 59.1 Å². The largest absolute Gasteiger partial charge is 0.497 e. The Morgan fingerprint density at radius 1 is 1.07 bits per heavy atom. The number of rotatable bonds is 8. The summed E-state index contributed by atoms with van der Waals surface area (Å²) in [6.45, 7) is 1.35. The van der Waals surface area contributed by atoms with Gasteiger partial charge in [-0.05, 0) is 54.8 Å². The van der Waals surface area contributed by atoms with E-state index in [-0.39, 0.29) is 11.0 Å². The second-order valence-electron chi connectivity index (χ2n) is 7.17. The van der Waals surface area contributed by atoms with Crippen LogP contribution in [-0.4, -0.2) is 53.2 Å². The first-order valence-corrected chi connectivity index (χ1v) is 10.9. The van der Waals surface area contributed by atoms with Gasteiger partial charge in [-0.15, -0.1) is 0 Å². The lowest BCUT2D eigenvalue weighted by molar-refractivity contribution is 0.0926. The van der Waals surface area contributed by atoms with Crippen molar-refractivity contribution in [2.24, 2.45) is 0 Å². The minimum Gasteiger partial charge on any atom is -0.497 e. The smallest absolute Gasteiger partial charge is 0.243 e. The molecule has 7 heteroatoms. The maximum absolute atomic E-state index is 13.3. The molecule has 0 unspecified atom stereocenters. The van der Waals surface area contributed by atoms with E-state index in [9.17, 15) is 8.42 Å². The first kappa shape index (κ1) is 20.6. The van der Waals surface area contributed by atoms with Crippen molar-refractivity contribution >= 4 is 15.7 Å². The van der Waals surface area contributed by atoms with Gasteiger partial charge in [0.15, 0.2) is 0 Å². The second kappa shape index (κ2) is 8.94. The van der Waals surface area contributed by atoms with Crippen LogP contribution in [-0.2, 0) is 21.3 Å². The van der Waals surface area contributed by atoms with Gasteiger partial charge >= 0.3 is 0 Å². The Bertz CT molecular complexity index is 858. The summed E-state index contributed by atoms with van der Waals surface area (Å²) in [7, 11) is 1.87. The van der Waals surface area contributed by atoms with Crippen LogP contribution in [0.4, 0.5) is 5.69 Å². The van der Waals surface area contributed by atoms with Crippen molar-refractivity contribution in [3.8, 4) is 5.75 Å². The number of ether oxygens (including phenoxy) is 2. The summed E-state index contributed by atoms with van der Waals surface area (Å²) in [5, 5.41) is 0. The van der Waals surface area contributed by atoms with E-state index >= 15 is 0 Å². The summed E-state index contributed by atoms with van der Waals surface area (Å²) in [5.41, 5.74) is 2.02. The van der Waals surface area contributed by atoms with Crippen LogP contribution in [0.25, 0.3) is 0 Å². The zero-order valence-electron chi connectivity index (χ0n) is 16.7. The molecule has 6 nitrogen and oxygen atoms in total. The Morgan fingerprint density at radius 3 is 2.29 bits per heavy atom. The number of hydrogen-bond acceptors (Lipinski definition) is 5. The van der Waals surface area contributed by atoms with Crippen molar-refractivity contribution in [2.75, 3.05) is 39.3 Å². The monoisotopic (exact) mass is 404 g/mol. The molecular weight excluding hydrogens is 376 g/mol. The number of hydrogen-bond donors (Lipinski definition) is 0. The molecule has 1 fully saturated rings. The Labute approximate surface area is 167 Å². The maximum atomic E-state index is 13.3. The van der Waals surface area contributed by atoms with Gasteiger partial charge in [0.2, 0.25) is 10.0 Å². The van der Waals surface area contributed by atoms with Crippen LogP contribution in [0, 0.1) is 0 Å². The van der Waals surface area contributed by atoms with E-state index in [0.29, 0.717) is 25.4 Å². The van der Waals surface area contributed by atoms with E-state index in [1.807, 2.05) is 43.3 Å². The third kappa shape index (κ3) is 4.84. The molecule has 2 aromatic carbocycles. The summed E-state index contributed by atoms with van der Waals surface area (Å²) in [6.07, 6.45) is 1.79. The molecule has 0 amide bonds. The van der Waals surface area contributed by atoms with Crippen molar-refractivity contribution < 1.29 is 17.9 Å². The van der Waals surface area contributed by atoms with Gasteiger partial charge < -0.3 is 14.4 Å². The number of benzene rings is 2. The lowest BCUT2D eigenvalue weighted by Gasteiger charge is -2.25. The van der Waals surface area contributed by atoms with Gasteiger partial charge in [0.1, 0.15) is 5.75 Å². The predicted molar refractivity (Wildman–Crippen MR) is 110 cm³/mol. The molecule has 2 aromatic rings. The van der Waals surface area contributed by atoms with E-state index in [4.69, 9.17) is 9.47 Å². The van der Waals surface area contributed by atoms with Gasteiger partial charge in [0.05, 0.1) is 18.1 Å². The summed E-state index contributed by atoms with van der Waals surface area (Å²) < 4.78 is 39.0. The maximum Gasteiger partial charge on any atom is 0.243 e. The standard InChI is InChI=1S/C21H28N2O4S/c1-22(2)18-8-6-17(7-9-18)15-23(16-20-5-4-14-27-20)28(24,25)21-12-10-19(26-3)11-13-21/h6-13,20H,4-5,14-16H2,1-3H3/t20-/m1/s1. The van der Waals surface area contributed by atoms with Crippen molar-refractivity contribution in [1.29, 1.82) is 0 Å². The summed E-state index contributed by atoms with van der Waals surface area (Å²) in [5.74, 6) is 0.629. The van der Waals surface area contributed by atoms with Gasteiger partial charge in [-0.3, -0.25) is 0 Å². The van der Waals surface area contributed by atoms with Gasteiger partial charge in [-0.1, -0.05) is 12.1 Å². The van der Waals surface area contributed by atoms with Crippen LogP contribution in [0.2, 0.25) is 0 Å². The Kier molecular flexibility index (Phi) is 6.59. The Balaban J connectivity index is 1.86. The lowest BCUT2D eigenvalue weighted by atomic mass is 10.2. The van der Waals surface area contributed by atoms with Crippen LogP contribution >= 0.6 is 0 Å². The number of anilines is 1. The molecule has 0 bridgehead atoms. The van der Waals surface area contributed by atoms with E-state index in [1.54, 1.807) is 31.4 Å². The van der Waals surface area contributed by atoms with E-state index in [2.05, 4.69) is 0 Å². The van der Waals surface area contributed by atoms with Crippen molar-refractivity contribution in [3.05, 3.63) is 54.1 Å². The van der Waals surface area contributed by atoms with Crippen LogP contribution in [0.15, 0.2) is 53.4 Å². The lowest BCUT2D eigenvalue weighted by Crippen LogP contribution is -2.37. The molecule has 1 saturated heterocycles. The fraction of sp³-hybridized carbons (Fsp3) is 0.429. The normalized spacial score (nSPS) is 17.1. The van der Waals surface area contributed by atoms with Gasteiger partial charge in [0, 0.05) is 39.5 Å². The zero-order chi connectivity index (χ0) is 20.1. The molecule has 1 aliphatic rings. The molecular formula is C21H28N2O4S. The van der Waals surface area contributed by atoms with Crippen molar-refractivity contribution in [2.45, 2.75) is 30.4 Å². The first-order chi connectivity index (χ1) is 13.4. The average Bonchev–Trinajstić information content (AvgIpc) is 3.21. The molecule has 0 spiro atoms. The van der Waals surface area contributed by atoms with Crippen LogP contribution < -0.4 is 9.64 Å². The van der Waals surface area contributed by atoms with E-state index in [1.165, 1.54) is 4.31 Å². The molecule has 0 saturated carbocycles. The molecule has 3 rings (SSSR count). The van der Waals surface area contributed by atoms with Crippen LogP contribution in [0.5, 0.6) is 5.75 Å². The molecule has 0 N–H and O–H groups in total. The minimum absolute atomic E-state index is 0.0610. The number of nitrogens with zero attached hydrogens (tertiary/aromatic N) is 2. The molecule has 1 atom stereocenters. The molecule has 0 aliphatic carbocycles. The molecule has 0 aromatic heterocycles. The highest BCUT2D eigenvalue weighted by atomic mass is 32.2. The number of methoxy groups -OCH3 is 1. The predicted octanol–water partition coefficient (Wildman–Crippen LogP) is 3.13. The molecule has 28 heavy (non-hydrogen) atoms. The molecule has 152 valence electrons. The SMILES string of the molecule is COc1ccc(S(=O)(=O)N(Cc2ccc(N(C)C)cc2)C[C@H]2CCCO2)cc1. The van der Waals surface area contributed by atoms with Gasteiger partial charge in [-0.25, -0.2) is 8.42 Å². The zero-order valence-corrected chi connectivity index (χ0v) is 17.5.